The number of rotatable bonds is 9. The zero-order chi connectivity index (χ0) is 33.4. The van der Waals surface area contributed by atoms with Crippen molar-refractivity contribution in [3.05, 3.63) is 96.7 Å². The maximum atomic E-state index is 13.2. The van der Waals surface area contributed by atoms with Crippen LogP contribution in [0.1, 0.15) is 24.1 Å². The van der Waals surface area contributed by atoms with Crippen molar-refractivity contribution in [2.45, 2.75) is 32.4 Å². The number of benzene rings is 2. The normalized spacial score (nSPS) is 14.4. The lowest BCUT2D eigenvalue weighted by Crippen LogP contribution is -2.37. The Bertz CT molecular complexity index is 2160. The fraction of sp³-hybridized carbons (Fsp3) is 0.265. The van der Waals surface area contributed by atoms with Crippen molar-refractivity contribution < 1.29 is 9.53 Å². The van der Waals surface area contributed by atoms with Gasteiger partial charge in [-0.1, -0.05) is 59.6 Å². The Morgan fingerprint density at radius 3 is 2.40 bits per heavy atom. The van der Waals surface area contributed by atoms with Crippen molar-refractivity contribution in [3.63, 3.8) is 0 Å². The summed E-state index contributed by atoms with van der Waals surface area (Å²) in [5, 5.41) is 10.7. The Balaban J connectivity index is 1.31. The molecule has 1 fully saturated rings. The molecule has 1 aliphatic rings. The summed E-state index contributed by atoms with van der Waals surface area (Å²) < 4.78 is 8.09. The van der Waals surface area contributed by atoms with E-state index >= 15 is 0 Å². The van der Waals surface area contributed by atoms with Gasteiger partial charge in [-0.05, 0) is 31.5 Å². The molecule has 0 saturated carbocycles. The number of hydrogen-bond donors (Lipinski definition) is 3. The molecule has 6 rings (SSSR count). The molecule has 2 aromatic carbocycles. The molecule has 1 atom stereocenters. The molecule has 4 heterocycles. The molecule has 242 valence electrons. The average Bonchev–Trinajstić information content (AvgIpc) is 3.48. The Kier molecular flexibility index (Phi) is 9.05. The maximum absolute atomic E-state index is 13.2. The zero-order valence-corrected chi connectivity index (χ0v) is 27.8. The molecule has 1 aliphatic heterocycles. The van der Waals surface area contributed by atoms with Crippen LogP contribution in [0.5, 0.6) is 5.88 Å². The Hall–Kier alpha value is -4.71. The average molecular weight is 675 g/mol. The Morgan fingerprint density at radius 1 is 0.957 bits per heavy atom. The number of methoxy groups -OCH3 is 1. The SMILES string of the molecule is COc1nc(-c2cccc(-c3cccc(Nc4nc(C)cc5c4c(=O)n(C)c(=O)n5C)c3Cl)c2Cl)ccc1CNCC1CCC(=O)N1. The van der Waals surface area contributed by atoms with Crippen LogP contribution >= 0.6 is 23.2 Å². The van der Waals surface area contributed by atoms with E-state index in [1.807, 2.05) is 42.5 Å². The number of amides is 1. The van der Waals surface area contributed by atoms with Crippen molar-refractivity contribution in [2.24, 2.45) is 14.1 Å². The smallest absolute Gasteiger partial charge is 0.330 e. The largest absolute Gasteiger partial charge is 0.481 e. The predicted molar refractivity (Wildman–Crippen MR) is 185 cm³/mol. The Labute approximate surface area is 280 Å². The minimum absolute atomic E-state index is 0.0851. The van der Waals surface area contributed by atoms with E-state index < -0.39 is 11.2 Å². The van der Waals surface area contributed by atoms with Crippen molar-refractivity contribution in [2.75, 3.05) is 19.0 Å². The quantitative estimate of drug-likeness (QED) is 0.197. The molecule has 0 spiro atoms. The van der Waals surface area contributed by atoms with Gasteiger partial charge in [0.25, 0.3) is 5.56 Å². The van der Waals surface area contributed by atoms with Gasteiger partial charge in [0.15, 0.2) is 0 Å². The van der Waals surface area contributed by atoms with Crippen LogP contribution in [-0.4, -0.2) is 44.7 Å². The zero-order valence-electron chi connectivity index (χ0n) is 26.3. The van der Waals surface area contributed by atoms with Gasteiger partial charge in [0.05, 0.1) is 34.1 Å². The summed E-state index contributed by atoms with van der Waals surface area (Å²) in [6, 6.07) is 16.8. The number of ether oxygens (including phenoxy) is 1. The molecule has 0 bridgehead atoms. The highest BCUT2D eigenvalue weighted by Crippen LogP contribution is 2.42. The van der Waals surface area contributed by atoms with E-state index in [-0.39, 0.29) is 23.2 Å². The van der Waals surface area contributed by atoms with E-state index in [9.17, 15) is 14.4 Å². The number of aromatic nitrogens is 4. The highest BCUT2D eigenvalue weighted by Gasteiger charge is 2.21. The molecule has 0 aliphatic carbocycles. The number of anilines is 2. The lowest BCUT2D eigenvalue weighted by Gasteiger charge is -2.17. The number of aryl methyl sites for hydroxylation is 2. The molecule has 1 unspecified atom stereocenters. The molecule has 0 radical (unpaired) electrons. The second-order valence-corrected chi connectivity index (χ2v) is 12.2. The van der Waals surface area contributed by atoms with Crippen molar-refractivity contribution in [1.82, 2.24) is 29.7 Å². The lowest BCUT2D eigenvalue weighted by molar-refractivity contribution is -0.119. The molecular weight excluding hydrogens is 641 g/mol. The minimum atomic E-state index is -0.465. The molecule has 47 heavy (non-hydrogen) atoms. The lowest BCUT2D eigenvalue weighted by atomic mass is 10.00. The van der Waals surface area contributed by atoms with Crippen molar-refractivity contribution in [1.29, 1.82) is 0 Å². The first-order valence-electron chi connectivity index (χ1n) is 15.0. The maximum Gasteiger partial charge on any atom is 0.330 e. The monoisotopic (exact) mass is 673 g/mol. The van der Waals surface area contributed by atoms with Crippen LogP contribution in [0.2, 0.25) is 10.0 Å². The van der Waals surface area contributed by atoms with Gasteiger partial charge in [0.1, 0.15) is 11.2 Å². The molecular formula is C34H33Cl2N7O4. The summed E-state index contributed by atoms with van der Waals surface area (Å²) in [5.74, 6) is 0.841. The number of pyridine rings is 2. The van der Waals surface area contributed by atoms with Crippen LogP contribution in [0.15, 0.2) is 64.2 Å². The number of hydrogen-bond acceptors (Lipinski definition) is 8. The van der Waals surface area contributed by atoms with E-state index in [0.717, 1.165) is 16.6 Å². The van der Waals surface area contributed by atoms with Gasteiger partial charge in [-0.2, -0.15) is 0 Å². The number of halogens is 2. The van der Waals surface area contributed by atoms with Crippen LogP contribution in [0.3, 0.4) is 0 Å². The number of nitrogens with zero attached hydrogens (tertiary/aromatic N) is 4. The van der Waals surface area contributed by atoms with E-state index in [2.05, 4.69) is 20.9 Å². The summed E-state index contributed by atoms with van der Waals surface area (Å²) >= 11 is 14.0. The highest BCUT2D eigenvalue weighted by molar-refractivity contribution is 6.39. The second kappa shape index (κ2) is 13.2. The fourth-order valence-corrected chi connectivity index (χ4v) is 6.45. The first-order valence-corrected chi connectivity index (χ1v) is 15.8. The predicted octanol–water partition coefficient (Wildman–Crippen LogP) is 5.10. The van der Waals surface area contributed by atoms with E-state index in [0.29, 0.717) is 74.7 Å². The first kappa shape index (κ1) is 32.2. The van der Waals surface area contributed by atoms with E-state index in [1.54, 1.807) is 33.2 Å². The highest BCUT2D eigenvalue weighted by atomic mass is 35.5. The summed E-state index contributed by atoms with van der Waals surface area (Å²) in [6.45, 7) is 2.98. The third-order valence-corrected chi connectivity index (χ3v) is 9.14. The van der Waals surface area contributed by atoms with Crippen LogP contribution in [-0.2, 0) is 25.4 Å². The van der Waals surface area contributed by atoms with E-state index in [1.165, 1.54) is 11.6 Å². The third-order valence-electron chi connectivity index (χ3n) is 8.32. The van der Waals surface area contributed by atoms with Crippen LogP contribution < -0.4 is 31.9 Å². The van der Waals surface area contributed by atoms with Gasteiger partial charge >= 0.3 is 5.69 Å². The summed E-state index contributed by atoms with van der Waals surface area (Å²) in [7, 11) is 4.62. The minimum Gasteiger partial charge on any atom is -0.481 e. The van der Waals surface area contributed by atoms with Gasteiger partial charge in [0, 0.05) is 67.6 Å². The van der Waals surface area contributed by atoms with E-state index in [4.69, 9.17) is 32.9 Å². The van der Waals surface area contributed by atoms with Crippen LogP contribution in [0.25, 0.3) is 33.3 Å². The molecule has 5 aromatic rings. The number of carbonyl (C=O) groups excluding carboxylic acids is 1. The molecule has 3 aromatic heterocycles. The summed E-state index contributed by atoms with van der Waals surface area (Å²) in [6.07, 6.45) is 1.38. The number of fused-ring (bicyclic) bond motifs is 1. The van der Waals surface area contributed by atoms with Gasteiger partial charge in [0.2, 0.25) is 11.8 Å². The topological polar surface area (TPSA) is 132 Å². The molecule has 13 heteroatoms. The van der Waals surface area contributed by atoms with Crippen molar-refractivity contribution >= 4 is 51.5 Å². The van der Waals surface area contributed by atoms with Crippen LogP contribution in [0.4, 0.5) is 11.5 Å². The van der Waals surface area contributed by atoms with Gasteiger partial charge in [-0.15, -0.1) is 0 Å². The molecule has 3 N–H and O–H groups in total. The summed E-state index contributed by atoms with van der Waals surface area (Å²) in [5.41, 5.74) is 4.24. The van der Waals surface area contributed by atoms with Crippen molar-refractivity contribution in [3.8, 4) is 28.3 Å². The number of nitrogens with one attached hydrogen (secondary N) is 3. The third kappa shape index (κ3) is 6.21. The van der Waals surface area contributed by atoms with Crippen LogP contribution in [0, 0.1) is 6.92 Å². The number of carbonyl (C=O) groups is 1. The first-order chi connectivity index (χ1) is 22.6. The fourth-order valence-electron chi connectivity index (χ4n) is 5.85. The standard InChI is InChI=1S/C34H33Cl2N7O4/c1-18-15-26-28(33(45)43(3)34(46)42(26)2)31(38-18)40-25-10-6-8-22(30(25)36)21-7-5-9-23(29(21)35)24-13-11-19(32(41-24)47-4)16-37-17-20-12-14-27(44)39-20/h5-11,13,15,20,37H,12,14,16-17H2,1-4H3,(H,38,40)(H,39,44). The second-order valence-electron chi connectivity index (χ2n) is 11.5. The van der Waals surface area contributed by atoms with Gasteiger partial charge < -0.3 is 20.7 Å². The summed E-state index contributed by atoms with van der Waals surface area (Å²) in [4.78, 5) is 46.6. The molecule has 1 amide bonds. The molecule has 1 saturated heterocycles. The van der Waals surface area contributed by atoms with Gasteiger partial charge in [-0.25, -0.2) is 14.8 Å². The van der Waals surface area contributed by atoms with Gasteiger partial charge in [-0.3, -0.25) is 18.7 Å². The molecule has 11 nitrogen and oxygen atoms in total. The Morgan fingerprint density at radius 2 is 1.68 bits per heavy atom.